The first-order chi connectivity index (χ1) is 12.2. The number of hydrogen-bond acceptors (Lipinski definition) is 6. The van der Waals surface area contributed by atoms with Crippen molar-refractivity contribution in [2.75, 3.05) is 0 Å². The first-order valence-electron chi connectivity index (χ1n) is 8.89. The Balaban J connectivity index is 1.91. The van der Waals surface area contributed by atoms with E-state index in [1.807, 2.05) is 0 Å². The van der Waals surface area contributed by atoms with E-state index in [0.717, 1.165) is 19.3 Å². The summed E-state index contributed by atoms with van der Waals surface area (Å²) in [4.78, 5) is 34.8. The van der Waals surface area contributed by atoms with Gasteiger partial charge in [-0.1, -0.05) is 19.8 Å². The summed E-state index contributed by atoms with van der Waals surface area (Å²) in [6.07, 6.45) is 3.34. The molecule has 1 aromatic heterocycles. The number of aromatic nitrogens is 2. The summed E-state index contributed by atoms with van der Waals surface area (Å²) in [6, 6.07) is 0.107. The molecule has 9 nitrogen and oxygen atoms in total. The smallest absolute Gasteiger partial charge is 0.328 e. The van der Waals surface area contributed by atoms with Gasteiger partial charge in [-0.3, -0.25) is 24.4 Å². The van der Waals surface area contributed by atoms with E-state index in [1.54, 1.807) is 0 Å². The van der Waals surface area contributed by atoms with Gasteiger partial charge in [-0.05, 0) is 39.5 Å². The normalized spacial score (nSPS) is 21.1. The van der Waals surface area contributed by atoms with Gasteiger partial charge in [0.1, 0.15) is 17.9 Å². The van der Waals surface area contributed by atoms with Gasteiger partial charge in [0, 0.05) is 6.04 Å². The van der Waals surface area contributed by atoms with Crippen molar-refractivity contribution < 1.29 is 19.2 Å². The van der Waals surface area contributed by atoms with E-state index in [-0.39, 0.29) is 35.6 Å². The predicted octanol–water partition coefficient (Wildman–Crippen LogP) is 2.03. The Kier molecular flexibility index (Phi) is 6.33. The van der Waals surface area contributed by atoms with Crippen LogP contribution in [0.2, 0.25) is 0 Å². The van der Waals surface area contributed by atoms with Gasteiger partial charge in [-0.25, -0.2) is 0 Å². The van der Waals surface area contributed by atoms with Crippen LogP contribution in [0.3, 0.4) is 0 Å². The molecule has 0 saturated heterocycles. The second-order valence-corrected chi connectivity index (χ2v) is 6.94. The average molecular weight is 366 g/mol. The molecule has 144 valence electrons. The number of ether oxygens (including phenoxy) is 1. The van der Waals surface area contributed by atoms with Crippen LogP contribution in [0.25, 0.3) is 0 Å². The van der Waals surface area contributed by atoms with E-state index in [0.29, 0.717) is 5.92 Å². The number of rotatable bonds is 6. The van der Waals surface area contributed by atoms with Crippen molar-refractivity contribution in [2.24, 2.45) is 5.92 Å². The quantitative estimate of drug-likeness (QED) is 0.468. The standard InChI is InChI=1S/C17H26N4O5/c1-10-7-5-6-8-14(10)18-17(23)13(4)26-15(22)9-20-12(3)16(21(24)25)11(2)19-20/h10,13-14H,5-9H2,1-4H3,(H,18,23)/t10-,13-,14+/m0/s1. The van der Waals surface area contributed by atoms with Crippen molar-refractivity contribution in [3.8, 4) is 0 Å². The average Bonchev–Trinajstić information content (AvgIpc) is 2.83. The summed E-state index contributed by atoms with van der Waals surface area (Å²) in [5.74, 6) is -0.577. The summed E-state index contributed by atoms with van der Waals surface area (Å²) in [7, 11) is 0. The van der Waals surface area contributed by atoms with Gasteiger partial charge in [0.05, 0.1) is 4.92 Å². The molecule has 1 aliphatic rings. The number of aryl methyl sites for hydroxylation is 1. The van der Waals surface area contributed by atoms with Crippen LogP contribution in [0.15, 0.2) is 0 Å². The lowest BCUT2D eigenvalue weighted by Crippen LogP contribution is -2.46. The van der Waals surface area contributed by atoms with Crippen LogP contribution in [0, 0.1) is 29.9 Å². The third kappa shape index (κ3) is 4.59. The van der Waals surface area contributed by atoms with E-state index < -0.39 is 17.0 Å². The molecule has 2 rings (SSSR count). The number of carbonyl (C=O) groups is 2. The summed E-state index contributed by atoms with van der Waals surface area (Å²) < 4.78 is 6.40. The molecule has 1 aliphatic carbocycles. The predicted molar refractivity (Wildman–Crippen MR) is 93.5 cm³/mol. The van der Waals surface area contributed by atoms with Crippen molar-refractivity contribution in [2.45, 2.75) is 72.1 Å². The molecule has 1 fully saturated rings. The van der Waals surface area contributed by atoms with E-state index in [4.69, 9.17) is 4.74 Å². The maximum atomic E-state index is 12.3. The number of nitro groups is 1. The lowest BCUT2D eigenvalue weighted by molar-refractivity contribution is -0.386. The van der Waals surface area contributed by atoms with Crippen molar-refractivity contribution in [3.63, 3.8) is 0 Å². The van der Waals surface area contributed by atoms with Crippen LogP contribution in [0.5, 0.6) is 0 Å². The highest BCUT2D eigenvalue weighted by molar-refractivity contribution is 5.83. The van der Waals surface area contributed by atoms with Crippen molar-refractivity contribution in [3.05, 3.63) is 21.5 Å². The Hall–Kier alpha value is -2.45. The maximum Gasteiger partial charge on any atom is 0.328 e. The van der Waals surface area contributed by atoms with Gasteiger partial charge in [0.15, 0.2) is 6.10 Å². The molecule has 0 radical (unpaired) electrons. The van der Waals surface area contributed by atoms with Gasteiger partial charge in [0.2, 0.25) is 0 Å². The van der Waals surface area contributed by atoms with Crippen LogP contribution >= 0.6 is 0 Å². The summed E-state index contributed by atoms with van der Waals surface area (Å²) in [5.41, 5.74) is 0.393. The van der Waals surface area contributed by atoms with Crippen molar-refractivity contribution in [1.82, 2.24) is 15.1 Å². The van der Waals surface area contributed by atoms with Crippen molar-refractivity contribution in [1.29, 1.82) is 0 Å². The number of esters is 1. The highest BCUT2D eigenvalue weighted by Gasteiger charge is 2.27. The van der Waals surface area contributed by atoms with Crippen LogP contribution in [0.1, 0.15) is 50.9 Å². The highest BCUT2D eigenvalue weighted by atomic mass is 16.6. The number of amides is 1. The molecule has 0 spiro atoms. The van der Waals surface area contributed by atoms with Crippen LogP contribution in [0.4, 0.5) is 5.69 Å². The zero-order valence-electron chi connectivity index (χ0n) is 15.7. The molecule has 9 heteroatoms. The molecule has 1 amide bonds. The minimum Gasteiger partial charge on any atom is -0.451 e. The lowest BCUT2D eigenvalue weighted by atomic mass is 9.86. The van der Waals surface area contributed by atoms with Crippen molar-refractivity contribution >= 4 is 17.6 Å². The first-order valence-corrected chi connectivity index (χ1v) is 8.89. The second kappa shape index (κ2) is 8.29. The topological polar surface area (TPSA) is 116 Å². The van der Waals surface area contributed by atoms with E-state index in [2.05, 4.69) is 17.3 Å². The number of nitrogens with zero attached hydrogens (tertiary/aromatic N) is 3. The molecule has 1 heterocycles. The van der Waals surface area contributed by atoms with Crippen LogP contribution in [-0.2, 0) is 20.9 Å². The molecule has 1 N–H and O–H groups in total. The van der Waals surface area contributed by atoms with Gasteiger partial charge in [-0.2, -0.15) is 5.10 Å². The number of carbonyl (C=O) groups excluding carboxylic acids is 2. The Labute approximate surface area is 152 Å². The molecule has 26 heavy (non-hydrogen) atoms. The van der Waals surface area contributed by atoms with E-state index in [1.165, 1.54) is 31.9 Å². The molecule has 1 aromatic rings. The van der Waals surface area contributed by atoms with Gasteiger partial charge < -0.3 is 10.1 Å². The molecule has 0 aliphatic heterocycles. The first kappa shape index (κ1) is 19.9. The third-order valence-electron chi connectivity index (χ3n) is 4.92. The van der Waals surface area contributed by atoms with E-state index in [9.17, 15) is 19.7 Å². The molecule has 3 atom stereocenters. The Morgan fingerprint density at radius 2 is 2.04 bits per heavy atom. The van der Waals surface area contributed by atoms with E-state index >= 15 is 0 Å². The largest absolute Gasteiger partial charge is 0.451 e. The molecule has 1 saturated carbocycles. The maximum absolute atomic E-state index is 12.3. The second-order valence-electron chi connectivity index (χ2n) is 6.94. The fourth-order valence-corrected chi connectivity index (χ4v) is 3.35. The monoisotopic (exact) mass is 366 g/mol. The van der Waals surface area contributed by atoms with Gasteiger partial charge in [-0.15, -0.1) is 0 Å². The minimum absolute atomic E-state index is 0.107. The SMILES string of the molecule is Cc1nn(CC(=O)O[C@@H](C)C(=O)N[C@@H]2CCCC[C@@H]2C)c(C)c1[N+](=O)[O-]. The molecular weight excluding hydrogens is 340 g/mol. The highest BCUT2D eigenvalue weighted by Crippen LogP contribution is 2.24. The fourth-order valence-electron chi connectivity index (χ4n) is 3.35. The summed E-state index contributed by atoms with van der Waals surface area (Å²) in [5, 5.41) is 18.0. The third-order valence-corrected chi connectivity index (χ3v) is 4.92. The van der Waals surface area contributed by atoms with Crippen LogP contribution in [-0.4, -0.2) is 38.7 Å². The molecule has 0 bridgehead atoms. The zero-order valence-corrected chi connectivity index (χ0v) is 15.7. The zero-order chi connectivity index (χ0) is 19.4. The Bertz CT molecular complexity index is 700. The Morgan fingerprint density at radius 3 is 2.62 bits per heavy atom. The number of nitrogens with one attached hydrogen (secondary N) is 1. The number of hydrogen-bond donors (Lipinski definition) is 1. The van der Waals surface area contributed by atoms with Gasteiger partial charge >= 0.3 is 11.7 Å². The Morgan fingerprint density at radius 1 is 1.38 bits per heavy atom. The fraction of sp³-hybridized carbons (Fsp3) is 0.706. The molecular formula is C17H26N4O5. The van der Waals surface area contributed by atoms with Gasteiger partial charge in [0.25, 0.3) is 5.91 Å². The summed E-state index contributed by atoms with van der Waals surface area (Å²) in [6.45, 7) is 6.37. The molecule has 0 aromatic carbocycles. The molecule has 0 unspecified atom stereocenters. The lowest BCUT2D eigenvalue weighted by Gasteiger charge is -2.30. The van der Waals surface area contributed by atoms with Crippen LogP contribution < -0.4 is 5.32 Å². The minimum atomic E-state index is -0.927. The summed E-state index contributed by atoms with van der Waals surface area (Å²) >= 11 is 0.